The van der Waals surface area contributed by atoms with Gasteiger partial charge in [-0.3, -0.25) is 0 Å². The molecule has 1 aromatic rings. The van der Waals surface area contributed by atoms with Gasteiger partial charge in [-0.15, -0.1) is 0 Å². The summed E-state index contributed by atoms with van der Waals surface area (Å²) in [4.78, 5) is 4.21. The van der Waals surface area contributed by atoms with Gasteiger partial charge in [0.15, 0.2) is 0 Å². The fourth-order valence-electron chi connectivity index (χ4n) is 2.21. The van der Waals surface area contributed by atoms with Gasteiger partial charge in [0, 0.05) is 12.5 Å². The van der Waals surface area contributed by atoms with Crippen LogP contribution in [0.3, 0.4) is 0 Å². The minimum absolute atomic E-state index is 0.301. The first-order valence-corrected chi connectivity index (χ1v) is 5.95. The number of hydrogen-bond donors (Lipinski definition) is 3. The van der Waals surface area contributed by atoms with E-state index in [-0.39, 0.29) is 6.10 Å². The van der Waals surface area contributed by atoms with Crippen LogP contribution in [0.2, 0.25) is 5.15 Å². The highest BCUT2D eigenvalue weighted by molar-refractivity contribution is 6.29. The van der Waals surface area contributed by atoms with Crippen molar-refractivity contribution in [2.45, 2.75) is 25.9 Å². The van der Waals surface area contributed by atoms with Crippen LogP contribution in [0.4, 0.5) is 11.4 Å². The number of pyridine rings is 1. The molecule has 1 heterocycles. The summed E-state index contributed by atoms with van der Waals surface area (Å²) < 4.78 is 0. The predicted octanol–water partition coefficient (Wildman–Crippen LogP) is 2.07. The molecule has 92 valence electrons. The molecule has 17 heavy (non-hydrogen) atoms. The van der Waals surface area contributed by atoms with Gasteiger partial charge in [-0.1, -0.05) is 24.6 Å². The number of hydrogen-bond acceptors (Lipinski definition) is 4. The van der Waals surface area contributed by atoms with E-state index in [0.717, 1.165) is 12.0 Å². The average Bonchev–Trinajstić information content (AvgIpc) is 2.22. The maximum Gasteiger partial charge on any atom is 0.131 e. The third-order valence-corrected chi connectivity index (χ3v) is 3.14. The number of nitrogen functional groups attached to an aromatic ring is 2. The second-order valence-corrected chi connectivity index (χ2v) is 4.95. The lowest BCUT2D eigenvalue weighted by atomic mass is 9.87. The summed E-state index contributed by atoms with van der Waals surface area (Å²) in [5.41, 5.74) is 14.0. The molecule has 0 fully saturated rings. The van der Waals surface area contributed by atoms with E-state index in [1.165, 1.54) is 6.07 Å². The average molecular weight is 254 g/mol. The summed E-state index contributed by atoms with van der Waals surface area (Å²) in [6.07, 6.45) is 3.02. The Morgan fingerprint density at radius 2 is 2.18 bits per heavy atom. The molecular weight excluding hydrogens is 238 g/mol. The molecule has 5 heteroatoms. The first-order valence-electron chi connectivity index (χ1n) is 5.58. The van der Waals surface area contributed by atoms with Crippen molar-refractivity contribution in [3.8, 4) is 0 Å². The van der Waals surface area contributed by atoms with Crippen LogP contribution in [0.1, 0.15) is 25.5 Å². The Labute approximate surface area is 105 Å². The van der Waals surface area contributed by atoms with E-state index in [9.17, 15) is 5.11 Å². The lowest BCUT2D eigenvalue weighted by Crippen LogP contribution is -2.17. The Bertz CT molecular complexity index is 473. The zero-order valence-electron chi connectivity index (χ0n) is 9.65. The van der Waals surface area contributed by atoms with Crippen LogP contribution in [-0.2, 0) is 0 Å². The highest BCUT2D eigenvalue weighted by atomic mass is 35.5. The van der Waals surface area contributed by atoms with Gasteiger partial charge in [0.25, 0.3) is 0 Å². The highest BCUT2D eigenvalue weighted by Gasteiger charge is 2.21. The van der Waals surface area contributed by atoms with Gasteiger partial charge < -0.3 is 16.6 Å². The van der Waals surface area contributed by atoms with E-state index in [4.69, 9.17) is 23.1 Å². The summed E-state index contributed by atoms with van der Waals surface area (Å²) in [6, 6.07) is 1.53. The summed E-state index contributed by atoms with van der Waals surface area (Å²) in [7, 11) is 0. The summed E-state index contributed by atoms with van der Waals surface area (Å²) >= 11 is 5.88. The third-order valence-electron chi connectivity index (χ3n) is 2.95. The lowest BCUT2D eigenvalue weighted by molar-refractivity contribution is 0.153. The monoisotopic (exact) mass is 253 g/mol. The number of aliphatic hydroxyl groups excluding tert-OH is 1. The number of halogens is 1. The van der Waals surface area contributed by atoms with Gasteiger partial charge in [-0.05, 0) is 17.9 Å². The molecule has 0 bridgehead atoms. The zero-order valence-corrected chi connectivity index (χ0v) is 10.4. The van der Waals surface area contributed by atoms with Gasteiger partial charge in [-0.25, -0.2) is 4.98 Å². The van der Waals surface area contributed by atoms with Crippen molar-refractivity contribution in [2.24, 2.45) is 5.92 Å². The molecule has 0 radical (unpaired) electrons. The quantitative estimate of drug-likeness (QED) is 0.669. The molecule has 4 nitrogen and oxygen atoms in total. The molecule has 0 amide bonds. The Hall–Kier alpha value is -1.26. The minimum atomic E-state index is -0.355. The number of allylic oxidation sites excluding steroid dienone is 1. The van der Waals surface area contributed by atoms with Crippen LogP contribution < -0.4 is 11.5 Å². The van der Waals surface area contributed by atoms with E-state index < -0.39 is 0 Å². The van der Waals surface area contributed by atoms with Crippen molar-refractivity contribution < 1.29 is 5.11 Å². The standard InChI is InChI=1S/C12H16ClN3O/c1-6-2-7(4-8(17)3-6)12-11(15)9(14)5-10(13)16-12/h2,5-6,8,17H,3-4,15H2,1H3,(H2,14,16)/t6-,8+/m0/s1. The van der Waals surface area contributed by atoms with Crippen LogP contribution in [0, 0.1) is 5.92 Å². The van der Waals surface area contributed by atoms with Gasteiger partial charge in [0.1, 0.15) is 5.15 Å². The molecule has 0 spiro atoms. The van der Waals surface area contributed by atoms with Crippen molar-refractivity contribution in [2.75, 3.05) is 11.5 Å². The van der Waals surface area contributed by atoms with Gasteiger partial charge in [0.2, 0.25) is 0 Å². The lowest BCUT2D eigenvalue weighted by Gasteiger charge is -2.23. The fraction of sp³-hybridized carbons (Fsp3) is 0.417. The maximum absolute atomic E-state index is 9.77. The second kappa shape index (κ2) is 4.55. The maximum atomic E-state index is 9.77. The normalized spacial score (nSPS) is 24.5. The van der Waals surface area contributed by atoms with E-state index >= 15 is 0 Å². The molecule has 1 aliphatic carbocycles. The number of aromatic nitrogens is 1. The van der Waals surface area contributed by atoms with Crippen molar-refractivity contribution in [1.29, 1.82) is 0 Å². The van der Waals surface area contributed by atoms with E-state index in [1.807, 2.05) is 6.92 Å². The van der Waals surface area contributed by atoms with E-state index in [1.54, 1.807) is 0 Å². The SMILES string of the molecule is C[C@H]1C=C(c2nc(Cl)cc(N)c2N)C[C@H](O)C1. The number of nitrogens with zero attached hydrogens (tertiary/aromatic N) is 1. The molecular formula is C12H16ClN3O. The van der Waals surface area contributed by atoms with Crippen molar-refractivity contribution in [3.05, 3.63) is 23.0 Å². The van der Waals surface area contributed by atoms with Crippen LogP contribution in [0.5, 0.6) is 0 Å². The van der Waals surface area contributed by atoms with Crippen LogP contribution in [0.25, 0.3) is 5.57 Å². The molecule has 2 atom stereocenters. The smallest absolute Gasteiger partial charge is 0.131 e. The topological polar surface area (TPSA) is 85.2 Å². The second-order valence-electron chi connectivity index (χ2n) is 4.56. The van der Waals surface area contributed by atoms with Crippen molar-refractivity contribution in [3.63, 3.8) is 0 Å². The zero-order chi connectivity index (χ0) is 12.6. The summed E-state index contributed by atoms with van der Waals surface area (Å²) in [6.45, 7) is 2.05. The molecule has 5 N–H and O–H groups in total. The predicted molar refractivity (Wildman–Crippen MR) is 70.5 cm³/mol. The van der Waals surface area contributed by atoms with E-state index in [0.29, 0.717) is 34.6 Å². The van der Waals surface area contributed by atoms with Crippen molar-refractivity contribution >= 4 is 28.5 Å². The van der Waals surface area contributed by atoms with Gasteiger partial charge >= 0.3 is 0 Å². The van der Waals surface area contributed by atoms with Crippen LogP contribution in [-0.4, -0.2) is 16.2 Å². The Morgan fingerprint density at radius 1 is 1.47 bits per heavy atom. The van der Waals surface area contributed by atoms with Gasteiger partial charge in [0.05, 0.1) is 23.2 Å². The number of nitrogens with two attached hydrogens (primary N) is 2. The fourth-order valence-corrected chi connectivity index (χ4v) is 2.41. The largest absolute Gasteiger partial charge is 0.397 e. The molecule has 1 aliphatic rings. The summed E-state index contributed by atoms with van der Waals surface area (Å²) in [5.74, 6) is 0.301. The number of rotatable bonds is 1. The molecule has 2 rings (SSSR count). The molecule has 0 aromatic carbocycles. The molecule has 0 saturated heterocycles. The van der Waals surface area contributed by atoms with Gasteiger partial charge in [-0.2, -0.15) is 0 Å². The van der Waals surface area contributed by atoms with Crippen LogP contribution in [0.15, 0.2) is 12.1 Å². The first kappa shape index (κ1) is 12.2. The summed E-state index contributed by atoms with van der Waals surface area (Å²) in [5, 5.41) is 10.1. The molecule has 0 unspecified atom stereocenters. The third kappa shape index (κ3) is 2.53. The minimum Gasteiger partial charge on any atom is -0.397 e. The molecule has 0 saturated carbocycles. The first-order chi connectivity index (χ1) is 7.97. The number of aliphatic hydroxyl groups is 1. The number of anilines is 2. The van der Waals surface area contributed by atoms with Crippen LogP contribution >= 0.6 is 11.6 Å². The van der Waals surface area contributed by atoms with E-state index in [2.05, 4.69) is 11.1 Å². The Kier molecular flexibility index (Phi) is 3.26. The highest BCUT2D eigenvalue weighted by Crippen LogP contribution is 2.34. The molecule has 0 aliphatic heterocycles. The Morgan fingerprint density at radius 3 is 2.82 bits per heavy atom. The van der Waals surface area contributed by atoms with Crippen molar-refractivity contribution in [1.82, 2.24) is 4.98 Å². The Balaban J connectivity index is 2.47. The molecule has 1 aromatic heterocycles.